The van der Waals surface area contributed by atoms with Crippen molar-refractivity contribution in [2.45, 2.75) is 62.8 Å². The third-order valence-electron chi connectivity index (χ3n) is 7.52. The van der Waals surface area contributed by atoms with Gasteiger partial charge >= 0.3 is 0 Å². The van der Waals surface area contributed by atoms with Crippen molar-refractivity contribution < 1.29 is 23.1 Å². The first-order chi connectivity index (χ1) is 15.9. The lowest BCUT2D eigenvalue weighted by Gasteiger charge is -2.37. The Morgan fingerprint density at radius 1 is 1.06 bits per heavy atom. The molecule has 9 heteroatoms. The fraction of sp³-hybridized carbons (Fsp3) is 0.500. The van der Waals surface area contributed by atoms with Gasteiger partial charge in [-0.25, -0.2) is 18.7 Å². The summed E-state index contributed by atoms with van der Waals surface area (Å²) < 4.78 is 33.9. The molecule has 0 unspecified atom stereocenters. The van der Waals surface area contributed by atoms with Crippen molar-refractivity contribution in [3.05, 3.63) is 58.7 Å². The van der Waals surface area contributed by atoms with Crippen molar-refractivity contribution in [2.24, 2.45) is 0 Å². The number of aryl methyl sites for hydroxylation is 1. The number of nitrogens with zero attached hydrogens (tertiary/aromatic N) is 4. The van der Waals surface area contributed by atoms with Crippen molar-refractivity contribution in [2.75, 3.05) is 13.1 Å². The maximum atomic E-state index is 13.8. The van der Waals surface area contributed by atoms with Crippen LogP contribution in [0.2, 0.25) is 0 Å². The van der Waals surface area contributed by atoms with Crippen LogP contribution >= 0.6 is 0 Å². The molecule has 1 aromatic carbocycles. The monoisotopic (exact) mass is 454 g/mol. The Morgan fingerprint density at radius 3 is 2.58 bits per heavy atom. The third-order valence-corrected chi connectivity index (χ3v) is 7.52. The van der Waals surface area contributed by atoms with Crippen LogP contribution in [-0.2, 0) is 22.4 Å². The van der Waals surface area contributed by atoms with Crippen LogP contribution in [0.15, 0.2) is 24.5 Å². The Bertz CT molecular complexity index is 1130. The molecule has 0 radical (unpaired) electrons. The van der Waals surface area contributed by atoms with Gasteiger partial charge in [0.25, 0.3) is 11.8 Å². The standard InChI is InChI=1S/C24H24F2N4O3/c25-15-10-14(11-16(26)12-15)19-4-5-20-30(19)23(32)24(33-20)6-8-29(9-7-24)22(31)21-17-2-1-3-18(17)27-13-28-21/h10-13,19-20H,1-9H2/t19-,20+/m0/s1. The van der Waals surface area contributed by atoms with Gasteiger partial charge in [-0.05, 0) is 49.8 Å². The summed E-state index contributed by atoms with van der Waals surface area (Å²) in [5.41, 5.74) is 1.84. The van der Waals surface area contributed by atoms with Crippen LogP contribution in [0.1, 0.15) is 65.5 Å². The summed E-state index contributed by atoms with van der Waals surface area (Å²) >= 11 is 0. The number of hydrogen-bond acceptors (Lipinski definition) is 5. The summed E-state index contributed by atoms with van der Waals surface area (Å²) in [5, 5.41) is 0. The maximum absolute atomic E-state index is 13.8. The summed E-state index contributed by atoms with van der Waals surface area (Å²) in [4.78, 5) is 38.6. The number of fused-ring (bicyclic) bond motifs is 2. The molecule has 172 valence electrons. The Balaban J connectivity index is 1.19. The predicted octanol–water partition coefficient (Wildman–Crippen LogP) is 2.94. The number of benzene rings is 1. The summed E-state index contributed by atoms with van der Waals surface area (Å²) in [5.74, 6) is -1.57. The Hall–Kier alpha value is -2.94. The van der Waals surface area contributed by atoms with Gasteiger partial charge in [0.05, 0.1) is 6.04 Å². The van der Waals surface area contributed by atoms with E-state index < -0.39 is 29.5 Å². The molecule has 1 spiro atoms. The van der Waals surface area contributed by atoms with E-state index in [9.17, 15) is 18.4 Å². The van der Waals surface area contributed by atoms with E-state index >= 15 is 0 Å². The predicted molar refractivity (Wildman–Crippen MR) is 112 cm³/mol. The summed E-state index contributed by atoms with van der Waals surface area (Å²) in [7, 11) is 0. The molecule has 6 rings (SSSR count). The Labute approximate surface area is 189 Å². The van der Waals surface area contributed by atoms with Crippen LogP contribution in [0.4, 0.5) is 8.78 Å². The Kier molecular flexibility index (Phi) is 4.72. The molecule has 4 heterocycles. The normalized spacial score (nSPS) is 25.6. The van der Waals surface area contributed by atoms with Crippen molar-refractivity contribution in [3.63, 3.8) is 0 Å². The largest absolute Gasteiger partial charge is 0.342 e. The molecule has 0 saturated carbocycles. The fourth-order valence-corrected chi connectivity index (χ4v) is 5.90. The molecule has 3 aliphatic heterocycles. The molecule has 2 amide bonds. The zero-order chi connectivity index (χ0) is 22.7. The molecular weight excluding hydrogens is 430 g/mol. The maximum Gasteiger partial charge on any atom is 0.272 e. The van der Waals surface area contributed by atoms with Gasteiger partial charge in [-0.1, -0.05) is 0 Å². The number of rotatable bonds is 2. The SMILES string of the molecule is O=C(c1ncnc2c1CCC2)N1CCC2(CC1)O[C@@H]1CC[C@@H](c3cc(F)cc(F)c3)N1C2=O. The Morgan fingerprint density at radius 2 is 1.82 bits per heavy atom. The third kappa shape index (κ3) is 3.24. The minimum Gasteiger partial charge on any atom is -0.342 e. The quantitative estimate of drug-likeness (QED) is 0.698. The van der Waals surface area contributed by atoms with Crippen LogP contribution in [-0.4, -0.2) is 56.5 Å². The zero-order valence-electron chi connectivity index (χ0n) is 18.1. The minimum absolute atomic E-state index is 0.121. The smallest absolute Gasteiger partial charge is 0.272 e. The average Bonchev–Trinajstić information content (AvgIpc) is 3.50. The number of carbonyl (C=O) groups is 2. The van der Waals surface area contributed by atoms with Gasteiger partial charge in [-0.2, -0.15) is 0 Å². The van der Waals surface area contributed by atoms with Crippen molar-refractivity contribution in [1.29, 1.82) is 0 Å². The first kappa shape index (κ1) is 20.7. The average molecular weight is 454 g/mol. The number of carbonyl (C=O) groups excluding carboxylic acids is 2. The first-order valence-electron chi connectivity index (χ1n) is 11.5. The first-order valence-corrected chi connectivity index (χ1v) is 11.5. The van der Waals surface area contributed by atoms with E-state index in [0.29, 0.717) is 50.0 Å². The molecule has 3 saturated heterocycles. The van der Waals surface area contributed by atoms with Gasteiger partial charge in [-0.15, -0.1) is 0 Å². The van der Waals surface area contributed by atoms with Crippen LogP contribution < -0.4 is 0 Å². The second-order valence-electron chi connectivity index (χ2n) is 9.37. The number of likely N-dealkylation sites (tertiary alicyclic amines) is 1. The molecular formula is C24H24F2N4O3. The van der Waals surface area contributed by atoms with Crippen LogP contribution in [0.5, 0.6) is 0 Å². The topological polar surface area (TPSA) is 75.6 Å². The second-order valence-corrected chi connectivity index (χ2v) is 9.37. The molecule has 2 atom stereocenters. The molecule has 1 aromatic heterocycles. The summed E-state index contributed by atoms with van der Waals surface area (Å²) in [6, 6.07) is 3.00. The minimum atomic E-state index is -0.987. The van der Waals surface area contributed by atoms with E-state index in [0.717, 1.165) is 36.6 Å². The highest BCUT2D eigenvalue weighted by Crippen LogP contribution is 2.47. The van der Waals surface area contributed by atoms with E-state index in [2.05, 4.69) is 9.97 Å². The summed E-state index contributed by atoms with van der Waals surface area (Å²) in [6.45, 7) is 0.784. The lowest BCUT2D eigenvalue weighted by molar-refractivity contribution is -0.142. The molecule has 4 aliphatic rings. The number of hydrogen-bond donors (Lipinski definition) is 0. The molecule has 3 fully saturated rings. The molecule has 0 N–H and O–H groups in total. The number of piperidine rings is 1. The summed E-state index contributed by atoms with van der Waals surface area (Å²) in [6.07, 6.45) is 5.71. The highest BCUT2D eigenvalue weighted by Gasteiger charge is 2.58. The number of halogens is 2. The van der Waals surface area contributed by atoms with Gasteiger partial charge in [0, 0.05) is 43.3 Å². The van der Waals surface area contributed by atoms with E-state index in [1.54, 1.807) is 9.80 Å². The molecule has 2 aromatic rings. The van der Waals surface area contributed by atoms with Crippen LogP contribution in [0, 0.1) is 11.6 Å². The molecule has 7 nitrogen and oxygen atoms in total. The van der Waals surface area contributed by atoms with E-state index in [4.69, 9.17) is 4.74 Å². The molecule has 0 bridgehead atoms. The second kappa shape index (κ2) is 7.55. The van der Waals surface area contributed by atoms with E-state index in [1.165, 1.54) is 18.5 Å². The van der Waals surface area contributed by atoms with Gasteiger partial charge in [-0.3, -0.25) is 9.59 Å². The highest BCUT2D eigenvalue weighted by molar-refractivity contribution is 5.94. The van der Waals surface area contributed by atoms with Gasteiger partial charge in [0.2, 0.25) is 0 Å². The number of amides is 2. The van der Waals surface area contributed by atoms with Gasteiger partial charge in [0.15, 0.2) is 5.60 Å². The van der Waals surface area contributed by atoms with Gasteiger partial charge in [0.1, 0.15) is 29.9 Å². The number of ether oxygens (including phenoxy) is 1. The van der Waals surface area contributed by atoms with E-state index in [-0.39, 0.29) is 11.8 Å². The number of aromatic nitrogens is 2. The van der Waals surface area contributed by atoms with E-state index in [1.807, 2.05) is 0 Å². The zero-order valence-corrected chi connectivity index (χ0v) is 18.1. The molecule has 33 heavy (non-hydrogen) atoms. The lowest BCUT2D eigenvalue weighted by Crippen LogP contribution is -2.52. The fourth-order valence-electron chi connectivity index (χ4n) is 5.90. The van der Waals surface area contributed by atoms with Crippen molar-refractivity contribution in [3.8, 4) is 0 Å². The van der Waals surface area contributed by atoms with Crippen molar-refractivity contribution in [1.82, 2.24) is 19.8 Å². The van der Waals surface area contributed by atoms with Crippen molar-refractivity contribution >= 4 is 11.8 Å². The van der Waals surface area contributed by atoms with Crippen LogP contribution in [0.3, 0.4) is 0 Å². The van der Waals surface area contributed by atoms with Gasteiger partial charge < -0.3 is 14.5 Å². The lowest BCUT2D eigenvalue weighted by atomic mass is 9.89. The van der Waals surface area contributed by atoms with Crippen LogP contribution in [0.25, 0.3) is 0 Å². The highest BCUT2D eigenvalue weighted by atomic mass is 19.1. The molecule has 1 aliphatic carbocycles.